The molecule has 0 bridgehead atoms. The van der Waals surface area contributed by atoms with Gasteiger partial charge >= 0.3 is 0 Å². The van der Waals surface area contributed by atoms with E-state index in [-0.39, 0.29) is 17.2 Å². The lowest BCUT2D eigenvalue weighted by Gasteiger charge is -2.08. The maximum atomic E-state index is 12.1. The van der Waals surface area contributed by atoms with E-state index in [0.29, 0.717) is 16.3 Å². The number of nitrogens with zero attached hydrogens (tertiary/aromatic N) is 1. The molecule has 5 heteroatoms. The van der Waals surface area contributed by atoms with Crippen LogP contribution in [0.25, 0.3) is 10.8 Å². The van der Waals surface area contributed by atoms with E-state index in [9.17, 15) is 9.90 Å². The highest BCUT2D eigenvalue weighted by molar-refractivity contribution is 6.17. The Balaban J connectivity index is 2.32. The van der Waals surface area contributed by atoms with E-state index in [1.807, 2.05) is 0 Å². The lowest BCUT2D eigenvalue weighted by atomic mass is 9.99. The Labute approximate surface area is 114 Å². The van der Waals surface area contributed by atoms with Crippen molar-refractivity contribution in [3.8, 4) is 5.88 Å². The Morgan fingerprint density at radius 2 is 1.75 bits per heavy atom. The fraction of sp³-hybridized carbons (Fsp3) is 0. The standard InChI is InChI=1S/C15H11N3O2/c16-13(9-5-7-17-8-6-9)12-10-3-1-2-4-11(10)14(19)18-15(12)20/h1-8,16H,(H2,18,19,20). The van der Waals surface area contributed by atoms with Gasteiger partial charge in [0.1, 0.15) is 0 Å². The lowest BCUT2D eigenvalue weighted by Crippen LogP contribution is -2.19. The Bertz CT molecular complexity index is 854. The normalized spacial score (nSPS) is 10.6. The van der Waals surface area contributed by atoms with E-state index in [2.05, 4.69) is 9.97 Å². The van der Waals surface area contributed by atoms with Crippen molar-refractivity contribution >= 4 is 16.5 Å². The molecular formula is C15H11N3O2. The van der Waals surface area contributed by atoms with Crippen LogP contribution in [0.3, 0.4) is 0 Å². The van der Waals surface area contributed by atoms with Gasteiger partial charge in [-0.15, -0.1) is 0 Å². The molecule has 20 heavy (non-hydrogen) atoms. The number of benzene rings is 1. The van der Waals surface area contributed by atoms with Crippen LogP contribution in [0.5, 0.6) is 5.88 Å². The van der Waals surface area contributed by atoms with Crippen LogP contribution in [0.1, 0.15) is 11.1 Å². The molecule has 0 aliphatic carbocycles. The number of H-pyrrole nitrogens is 1. The van der Waals surface area contributed by atoms with E-state index in [0.717, 1.165) is 0 Å². The van der Waals surface area contributed by atoms with Crippen molar-refractivity contribution in [2.24, 2.45) is 0 Å². The van der Waals surface area contributed by atoms with Crippen LogP contribution in [0.4, 0.5) is 0 Å². The van der Waals surface area contributed by atoms with Gasteiger partial charge in [-0.25, -0.2) is 0 Å². The Kier molecular flexibility index (Phi) is 2.80. The van der Waals surface area contributed by atoms with Gasteiger partial charge in [0.15, 0.2) is 5.88 Å². The van der Waals surface area contributed by atoms with Crippen molar-refractivity contribution in [3.05, 3.63) is 70.3 Å². The van der Waals surface area contributed by atoms with Crippen molar-refractivity contribution in [3.63, 3.8) is 0 Å². The van der Waals surface area contributed by atoms with Gasteiger partial charge in [0.2, 0.25) is 0 Å². The molecule has 98 valence electrons. The highest BCUT2D eigenvalue weighted by Crippen LogP contribution is 2.24. The summed E-state index contributed by atoms with van der Waals surface area (Å²) in [6.45, 7) is 0. The summed E-state index contributed by atoms with van der Waals surface area (Å²) in [4.78, 5) is 18.4. The number of hydrogen-bond donors (Lipinski definition) is 3. The molecule has 0 saturated carbocycles. The van der Waals surface area contributed by atoms with Gasteiger partial charge in [0.25, 0.3) is 5.56 Å². The number of aromatic nitrogens is 2. The summed E-state index contributed by atoms with van der Waals surface area (Å²) in [5.74, 6) is -0.183. The van der Waals surface area contributed by atoms with E-state index in [1.165, 1.54) is 0 Å². The van der Waals surface area contributed by atoms with Gasteiger partial charge in [-0.2, -0.15) is 0 Å². The predicted molar refractivity (Wildman–Crippen MR) is 76.4 cm³/mol. The molecule has 0 amide bonds. The third-order valence-electron chi connectivity index (χ3n) is 3.13. The first-order valence-corrected chi connectivity index (χ1v) is 6.02. The first-order chi connectivity index (χ1) is 9.68. The molecule has 3 rings (SSSR count). The van der Waals surface area contributed by atoms with Crippen molar-refractivity contribution < 1.29 is 5.11 Å². The van der Waals surface area contributed by atoms with Crippen molar-refractivity contribution in [1.82, 2.24) is 9.97 Å². The first-order valence-electron chi connectivity index (χ1n) is 6.02. The third-order valence-corrected chi connectivity index (χ3v) is 3.13. The Hall–Kier alpha value is -2.95. The summed E-state index contributed by atoms with van der Waals surface area (Å²) in [6.07, 6.45) is 3.14. The zero-order valence-corrected chi connectivity index (χ0v) is 10.4. The SMILES string of the molecule is N=C(c1ccncc1)c1c(=O)[nH]c(O)c2ccccc12. The molecule has 1 aromatic carbocycles. The van der Waals surface area contributed by atoms with E-state index in [1.54, 1.807) is 48.8 Å². The topological polar surface area (TPSA) is 89.8 Å². The van der Waals surface area contributed by atoms with E-state index < -0.39 is 5.56 Å². The van der Waals surface area contributed by atoms with Crippen LogP contribution in [0, 0.1) is 5.41 Å². The number of nitrogens with one attached hydrogen (secondary N) is 2. The summed E-state index contributed by atoms with van der Waals surface area (Å²) >= 11 is 0. The number of hydrogen-bond acceptors (Lipinski definition) is 4. The van der Waals surface area contributed by atoms with Gasteiger partial charge in [-0.3, -0.25) is 20.2 Å². The molecule has 2 aromatic heterocycles. The predicted octanol–water partition coefficient (Wildman–Crippen LogP) is 2.04. The fourth-order valence-electron chi connectivity index (χ4n) is 2.18. The largest absolute Gasteiger partial charge is 0.494 e. The molecular weight excluding hydrogens is 254 g/mol. The van der Waals surface area contributed by atoms with E-state index >= 15 is 0 Å². The highest BCUT2D eigenvalue weighted by Gasteiger charge is 2.15. The van der Waals surface area contributed by atoms with Crippen LogP contribution < -0.4 is 5.56 Å². The third kappa shape index (κ3) is 1.85. The lowest BCUT2D eigenvalue weighted by molar-refractivity contribution is 0.458. The Morgan fingerprint density at radius 1 is 1.10 bits per heavy atom. The molecule has 0 aliphatic heterocycles. The second kappa shape index (κ2) is 4.62. The highest BCUT2D eigenvalue weighted by atomic mass is 16.3. The zero-order valence-electron chi connectivity index (χ0n) is 10.4. The second-order valence-corrected chi connectivity index (χ2v) is 4.33. The minimum atomic E-state index is -0.483. The molecule has 0 radical (unpaired) electrons. The summed E-state index contributed by atoms with van der Waals surface area (Å²) < 4.78 is 0. The number of fused-ring (bicyclic) bond motifs is 1. The van der Waals surface area contributed by atoms with Gasteiger partial charge in [0, 0.05) is 28.7 Å². The van der Waals surface area contributed by atoms with Crippen LogP contribution in [-0.2, 0) is 0 Å². The molecule has 0 spiro atoms. The van der Waals surface area contributed by atoms with Gasteiger partial charge < -0.3 is 5.11 Å². The summed E-state index contributed by atoms with van der Waals surface area (Å²) in [5.41, 5.74) is 0.457. The molecule has 5 nitrogen and oxygen atoms in total. The molecule has 0 atom stereocenters. The van der Waals surface area contributed by atoms with Crippen LogP contribution >= 0.6 is 0 Å². The summed E-state index contributed by atoms with van der Waals surface area (Å²) in [7, 11) is 0. The summed E-state index contributed by atoms with van der Waals surface area (Å²) in [6, 6.07) is 10.3. The molecule has 3 aromatic rings. The molecule has 0 aliphatic rings. The van der Waals surface area contributed by atoms with Crippen molar-refractivity contribution in [2.45, 2.75) is 0 Å². The smallest absolute Gasteiger partial charge is 0.260 e. The average molecular weight is 265 g/mol. The number of aromatic hydroxyl groups is 1. The van der Waals surface area contributed by atoms with Gasteiger partial charge in [0.05, 0.1) is 11.3 Å². The maximum absolute atomic E-state index is 12.1. The van der Waals surface area contributed by atoms with Gasteiger partial charge in [-0.05, 0) is 18.2 Å². The summed E-state index contributed by atoms with van der Waals surface area (Å²) in [5, 5.41) is 19.1. The first kappa shape index (κ1) is 12.1. The minimum Gasteiger partial charge on any atom is -0.494 e. The van der Waals surface area contributed by atoms with E-state index in [4.69, 9.17) is 5.41 Å². The number of rotatable bonds is 2. The molecule has 2 heterocycles. The molecule has 0 unspecified atom stereocenters. The molecule has 0 saturated heterocycles. The van der Waals surface area contributed by atoms with Crippen LogP contribution in [0.2, 0.25) is 0 Å². The second-order valence-electron chi connectivity index (χ2n) is 4.33. The minimum absolute atomic E-state index is 0.102. The number of aromatic amines is 1. The molecule has 0 fully saturated rings. The van der Waals surface area contributed by atoms with Crippen LogP contribution in [-0.4, -0.2) is 20.8 Å². The quantitative estimate of drug-likeness (QED) is 0.619. The molecule has 3 N–H and O–H groups in total. The van der Waals surface area contributed by atoms with Crippen molar-refractivity contribution in [1.29, 1.82) is 5.41 Å². The van der Waals surface area contributed by atoms with Crippen molar-refractivity contribution in [2.75, 3.05) is 0 Å². The maximum Gasteiger partial charge on any atom is 0.260 e. The fourth-order valence-corrected chi connectivity index (χ4v) is 2.18. The van der Waals surface area contributed by atoms with Gasteiger partial charge in [-0.1, -0.05) is 18.2 Å². The van der Waals surface area contributed by atoms with Crippen LogP contribution in [0.15, 0.2) is 53.6 Å². The monoisotopic (exact) mass is 265 g/mol. The zero-order chi connectivity index (χ0) is 14.1. The average Bonchev–Trinajstić information content (AvgIpc) is 2.48. The number of pyridine rings is 2. The Morgan fingerprint density at radius 3 is 2.45 bits per heavy atom.